The lowest BCUT2D eigenvalue weighted by Gasteiger charge is -2.08. The van der Waals surface area contributed by atoms with Crippen LogP contribution in [0.3, 0.4) is 0 Å². The summed E-state index contributed by atoms with van der Waals surface area (Å²) < 4.78 is 0. The lowest BCUT2D eigenvalue weighted by Crippen LogP contribution is -2.05. The van der Waals surface area contributed by atoms with Gasteiger partial charge >= 0.3 is 0 Å². The number of nitrogens with two attached hydrogens (primary N) is 1. The number of rotatable bonds is 0. The Bertz CT molecular complexity index is 315. The van der Waals surface area contributed by atoms with E-state index in [0.29, 0.717) is 6.04 Å². The van der Waals surface area contributed by atoms with Crippen LogP contribution in [0.1, 0.15) is 34.7 Å². The zero-order valence-corrected chi connectivity index (χ0v) is 7.72. The molecule has 0 heterocycles. The minimum absolute atomic E-state index is 0.291. The fourth-order valence-corrected chi connectivity index (χ4v) is 2.03. The summed E-state index contributed by atoms with van der Waals surface area (Å²) >= 11 is 0. The predicted molar refractivity (Wildman–Crippen MR) is 51.2 cm³/mol. The Kier molecular flexibility index (Phi) is 1.69. The first-order chi connectivity index (χ1) is 5.70. The maximum atomic E-state index is 5.97. The van der Waals surface area contributed by atoms with Crippen LogP contribution in [0.25, 0.3) is 0 Å². The van der Waals surface area contributed by atoms with Crippen molar-refractivity contribution in [1.29, 1.82) is 0 Å². The van der Waals surface area contributed by atoms with Gasteiger partial charge in [-0.25, -0.2) is 0 Å². The van der Waals surface area contributed by atoms with Crippen LogP contribution >= 0.6 is 0 Å². The van der Waals surface area contributed by atoms with Gasteiger partial charge in [0.05, 0.1) is 0 Å². The van der Waals surface area contributed by atoms with E-state index in [-0.39, 0.29) is 0 Å². The lowest BCUT2D eigenvalue weighted by atomic mass is 9.99. The van der Waals surface area contributed by atoms with E-state index >= 15 is 0 Å². The molecule has 0 fully saturated rings. The molecule has 0 saturated heterocycles. The van der Waals surface area contributed by atoms with Crippen molar-refractivity contribution in [2.24, 2.45) is 5.73 Å². The van der Waals surface area contributed by atoms with Crippen LogP contribution in [0, 0.1) is 13.8 Å². The van der Waals surface area contributed by atoms with Crippen molar-refractivity contribution in [2.75, 3.05) is 0 Å². The smallest absolute Gasteiger partial charge is 0.0300 e. The van der Waals surface area contributed by atoms with E-state index in [1.807, 2.05) is 0 Å². The van der Waals surface area contributed by atoms with E-state index in [0.717, 1.165) is 6.42 Å². The van der Waals surface area contributed by atoms with E-state index in [4.69, 9.17) is 5.73 Å². The molecule has 2 N–H and O–H groups in total. The van der Waals surface area contributed by atoms with Crippen LogP contribution in [0.2, 0.25) is 0 Å². The Morgan fingerprint density at radius 3 is 2.83 bits per heavy atom. The maximum Gasteiger partial charge on any atom is 0.0300 e. The quantitative estimate of drug-likeness (QED) is 0.620. The van der Waals surface area contributed by atoms with Crippen molar-refractivity contribution in [1.82, 2.24) is 0 Å². The number of hydrogen-bond acceptors (Lipinski definition) is 1. The molecule has 1 aliphatic carbocycles. The summed E-state index contributed by atoms with van der Waals surface area (Å²) in [6.45, 7) is 4.37. The van der Waals surface area contributed by atoms with Crippen molar-refractivity contribution in [3.63, 3.8) is 0 Å². The van der Waals surface area contributed by atoms with Crippen molar-refractivity contribution >= 4 is 0 Å². The summed E-state index contributed by atoms with van der Waals surface area (Å²) in [7, 11) is 0. The largest absolute Gasteiger partial charge is 0.324 e. The first-order valence-electron chi connectivity index (χ1n) is 4.54. The van der Waals surface area contributed by atoms with Gasteiger partial charge in [0.2, 0.25) is 0 Å². The van der Waals surface area contributed by atoms with Crippen LogP contribution in [0.15, 0.2) is 12.1 Å². The van der Waals surface area contributed by atoms with Gasteiger partial charge in [-0.15, -0.1) is 0 Å². The van der Waals surface area contributed by atoms with Gasteiger partial charge in [-0.2, -0.15) is 0 Å². The number of fused-ring (bicyclic) bond motifs is 1. The van der Waals surface area contributed by atoms with Gasteiger partial charge in [-0.3, -0.25) is 0 Å². The topological polar surface area (TPSA) is 26.0 Å². The van der Waals surface area contributed by atoms with E-state index in [2.05, 4.69) is 26.0 Å². The molecule has 1 atom stereocenters. The van der Waals surface area contributed by atoms with Crippen molar-refractivity contribution in [3.05, 3.63) is 34.4 Å². The average molecular weight is 161 g/mol. The minimum Gasteiger partial charge on any atom is -0.324 e. The third-order valence-electron chi connectivity index (χ3n) is 3.01. The minimum atomic E-state index is 0.291. The zero-order chi connectivity index (χ0) is 8.72. The molecular weight excluding hydrogens is 146 g/mol. The molecule has 12 heavy (non-hydrogen) atoms. The Morgan fingerprint density at radius 1 is 1.33 bits per heavy atom. The highest BCUT2D eigenvalue weighted by Crippen LogP contribution is 2.32. The van der Waals surface area contributed by atoms with Crippen molar-refractivity contribution < 1.29 is 0 Å². The van der Waals surface area contributed by atoms with Crippen LogP contribution in [0.4, 0.5) is 0 Å². The molecule has 1 aliphatic rings. The Labute approximate surface area is 73.6 Å². The highest BCUT2D eigenvalue weighted by Gasteiger charge is 2.20. The van der Waals surface area contributed by atoms with E-state index < -0.39 is 0 Å². The van der Waals surface area contributed by atoms with Crippen LogP contribution in [0.5, 0.6) is 0 Å². The van der Waals surface area contributed by atoms with E-state index in [1.165, 1.54) is 28.7 Å². The van der Waals surface area contributed by atoms with Crippen molar-refractivity contribution in [2.45, 2.75) is 32.7 Å². The van der Waals surface area contributed by atoms with Gasteiger partial charge < -0.3 is 5.73 Å². The molecule has 0 saturated carbocycles. The molecule has 1 aromatic carbocycles. The zero-order valence-electron chi connectivity index (χ0n) is 7.72. The summed E-state index contributed by atoms with van der Waals surface area (Å²) in [5, 5.41) is 0. The highest BCUT2D eigenvalue weighted by atomic mass is 14.6. The van der Waals surface area contributed by atoms with E-state index in [9.17, 15) is 0 Å². The van der Waals surface area contributed by atoms with Crippen LogP contribution in [-0.4, -0.2) is 0 Å². The number of benzene rings is 1. The number of hydrogen-bond donors (Lipinski definition) is 1. The molecule has 0 aliphatic heterocycles. The second-order valence-corrected chi connectivity index (χ2v) is 3.72. The molecule has 0 bridgehead atoms. The second-order valence-electron chi connectivity index (χ2n) is 3.72. The van der Waals surface area contributed by atoms with Gasteiger partial charge in [0.1, 0.15) is 0 Å². The summed E-state index contributed by atoms with van der Waals surface area (Å²) in [5.74, 6) is 0. The second kappa shape index (κ2) is 2.60. The first kappa shape index (κ1) is 7.81. The normalized spacial score (nSPS) is 21.1. The SMILES string of the molecule is Cc1ccc2c(c1C)CCC2N. The van der Waals surface area contributed by atoms with Gasteiger partial charge in [-0.05, 0) is 48.9 Å². The van der Waals surface area contributed by atoms with Crippen LogP contribution < -0.4 is 5.73 Å². The van der Waals surface area contributed by atoms with Crippen molar-refractivity contribution in [3.8, 4) is 0 Å². The van der Waals surface area contributed by atoms with Gasteiger partial charge in [0.25, 0.3) is 0 Å². The molecule has 1 unspecified atom stereocenters. The summed E-state index contributed by atoms with van der Waals surface area (Å²) in [6.07, 6.45) is 2.30. The third kappa shape index (κ3) is 0.969. The third-order valence-corrected chi connectivity index (χ3v) is 3.01. The molecule has 64 valence electrons. The molecule has 0 radical (unpaired) electrons. The fraction of sp³-hybridized carbons (Fsp3) is 0.455. The summed E-state index contributed by atoms with van der Waals surface area (Å²) in [4.78, 5) is 0. The monoisotopic (exact) mass is 161 g/mol. The molecule has 0 aromatic heterocycles. The maximum absolute atomic E-state index is 5.97. The first-order valence-corrected chi connectivity index (χ1v) is 4.54. The predicted octanol–water partition coefficient (Wildman–Crippen LogP) is 2.25. The summed E-state index contributed by atoms with van der Waals surface area (Å²) in [5.41, 5.74) is 11.7. The van der Waals surface area contributed by atoms with Gasteiger partial charge in [0.15, 0.2) is 0 Å². The van der Waals surface area contributed by atoms with E-state index in [1.54, 1.807) is 0 Å². The Morgan fingerprint density at radius 2 is 2.08 bits per heavy atom. The molecule has 1 nitrogen and oxygen atoms in total. The fourth-order valence-electron chi connectivity index (χ4n) is 2.03. The molecule has 2 rings (SSSR count). The molecule has 1 aromatic rings. The number of aryl methyl sites for hydroxylation is 1. The summed E-state index contributed by atoms with van der Waals surface area (Å²) in [6, 6.07) is 4.66. The highest BCUT2D eigenvalue weighted by molar-refractivity contribution is 5.43. The molecule has 1 heteroatoms. The molecular formula is C11H15N. The lowest BCUT2D eigenvalue weighted by molar-refractivity contribution is 0.713. The van der Waals surface area contributed by atoms with Crippen LogP contribution in [-0.2, 0) is 6.42 Å². The van der Waals surface area contributed by atoms with Gasteiger partial charge in [-0.1, -0.05) is 12.1 Å². The van der Waals surface area contributed by atoms with Gasteiger partial charge in [0, 0.05) is 6.04 Å². The Hall–Kier alpha value is -0.820. The average Bonchev–Trinajstić information content (AvgIpc) is 2.41. The standard InChI is InChI=1S/C11H15N/c1-7-3-4-10-9(8(7)2)5-6-11(10)12/h3-4,11H,5-6,12H2,1-2H3. The molecule has 0 spiro atoms. The molecule has 0 amide bonds. The Balaban J connectivity index is 2.60.